The number of nitrogens with zero attached hydrogens (tertiary/aromatic N) is 1. The molecule has 1 aromatic heterocycles. The van der Waals surface area contributed by atoms with Crippen molar-refractivity contribution >= 4 is 52.3 Å². The number of ether oxygens (including phenoxy) is 1. The van der Waals surface area contributed by atoms with Gasteiger partial charge in [0.2, 0.25) is 0 Å². The van der Waals surface area contributed by atoms with Gasteiger partial charge in [-0.3, -0.25) is 0 Å². The van der Waals surface area contributed by atoms with Crippen molar-refractivity contribution in [1.29, 1.82) is 0 Å². The van der Waals surface area contributed by atoms with Crippen molar-refractivity contribution in [3.05, 3.63) is 103 Å². The lowest BCUT2D eigenvalue weighted by Gasteiger charge is -2.12. The summed E-state index contributed by atoms with van der Waals surface area (Å²) in [6.07, 6.45) is 3.31. The Morgan fingerprint density at radius 2 is 1.70 bits per heavy atom. The molecule has 6 rings (SSSR count). The Morgan fingerprint density at radius 3 is 2.35 bits per heavy atom. The Balaban J connectivity index is 1.19. The first kappa shape index (κ1) is 24.7. The number of carboxylic acid groups (broad SMARTS) is 1. The summed E-state index contributed by atoms with van der Waals surface area (Å²) in [6, 6.07) is 18.5. The minimum absolute atomic E-state index is 0.297. The van der Waals surface area contributed by atoms with E-state index < -0.39 is 5.97 Å². The number of hydrogen-bond acceptors (Lipinski definition) is 4. The molecule has 2 atom stereocenters. The van der Waals surface area contributed by atoms with Crippen LogP contribution in [0.2, 0.25) is 15.1 Å². The number of carbonyl (C=O) groups is 1. The number of carboxylic acids is 1. The van der Waals surface area contributed by atoms with Crippen molar-refractivity contribution in [2.45, 2.75) is 43.6 Å². The quantitative estimate of drug-likeness (QED) is 0.229. The molecule has 1 N–H and O–H groups in total. The second-order valence-electron chi connectivity index (χ2n) is 9.59. The monoisotopic (exact) mass is 569 g/mol. The summed E-state index contributed by atoms with van der Waals surface area (Å²) in [5.74, 6) is 0.957. The SMILES string of the molecule is O=C(O)c1ccc(C2CC2c2ccc(OCc3c(-c4c(Cl)cccc4Cl)nsc3C3CC3)cc2Cl)cc1. The van der Waals surface area contributed by atoms with Gasteiger partial charge in [0.15, 0.2) is 0 Å². The van der Waals surface area contributed by atoms with Gasteiger partial charge < -0.3 is 9.84 Å². The normalized spacial score (nSPS) is 18.6. The lowest BCUT2D eigenvalue weighted by molar-refractivity contribution is 0.0697. The molecular weight excluding hydrogens is 549 g/mol. The van der Waals surface area contributed by atoms with Crippen LogP contribution in [0.5, 0.6) is 5.75 Å². The molecular formula is C29H22Cl3NO3S. The molecule has 4 aromatic rings. The van der Waals surface area contributed by atoms with Crippen LogP contribution >= 0.6 is 46.3 Å². The van der Waals surface area contributed by atoms with Crippen LogP contribution in [-0.4, -0.2) is 15.4 Å². The van der Waals surface area contributed by atoms with E-state index in [1.165, 1.54) is 16.4 Å². The average molecular weight is 571 g/mol. The Bertz CT molecular complexity index is 1480. The molecule has 8 heteroatoms. The van der Waals surface area contributed by atoms with Gasteiger partial charge in [-0.05, 0) is 96.1 Å². The molecule has 1 heterocycles. The first-order valence-electron chi connectivity index (χ1n) is 12.1. The summed E-state index contributed by atoms with van der Waals surface area (Å²) in [5, 5.41) is 10.9. The number of rotatable bonds is 8. The van der Waals surface area contributed by atoms with Crippen molar-refractivity contribution in [3.63, 3.8) is 0 Å². The molecule has 2 saturated carbocycles. The van der Waals surface area contributed by atoms with Gasteiger partial charge in [-0.25, -0.2) is 4.79 Å². The first-order valence-corrected chi connectivity index (χ1v) is 14.0. The van der Waals surface area contributed by atoms with Gasteiger partial charge in [-0.15, -0.1) is 0 Å². The number of aromatic carboxylic acids is 1. The zero-order valence-corrected chi connectivity index (χ0v) is 22.7. The maximum atomic E-state index is 11.1. The predicted octanol–water partition coefficient (Wildman–Crippen LogP) is 9.20. The zero-order valence-electron chi connectivity index (χ0n) is 19.6. The van der Waals surface area contributed by atoms with Gasteiger partial charge in [-0.2, -0.15) is 4.37 Å². The molecule has 0 spiro atoms. The van der Waals surface area contributed by atoms with E-state index in [0.29, 0.717) is 50.7 Å². The topological polar surface area (TPSA) is 59.4 Å². The minimum Gasteiger partial charge on any atom is -0.489 e. The smallest absolute Gasteiger partial charge is 0.335 e. The molecule has 0 bridgehead atoms. The standard InChI is InChI=1S/C29H22Cl3NO3S/c30-23-2-1-3-24(31)26(23)27-22(28(37-33-27)16-6-7-16)14-36-18-10-11-19(25(32)12-18)21-13-20(21)15-4-8-17(9-5-15)29(34)35/h1-5,8-12,16,20-21H,6-7,13-14H2,(H,34,35). The molecule has 188 valence electrons. The summed E-state index contributed by atoms with van der Waals surface area (Å²) >= 11 is 21.2. The maximum absolute atomic E-state index is 11.1. The molecule has 0 aliphatic heterocycles. The van der Waals surface area contributed by atoms with Gasteiger partial charge in [0.1, 0.15) is 12.4 Å². The van der Waals surface area contributed by atoms with E-state index in [9.17, 15) is 4.79 Å². The lowest BCUT2D eigenvalue weighted by Crippen LogP contribution is -2.00. The molecule has 37 heavy (non-hydrogen) atoms. The van der Waals surface area contributed by atoms with Gasteiger partial charge >= 0.3 is 5.97 Å². The summed E-state index contributed by atoms with van der Waals surface area (Å²) in [7, 11) is 0. The van der Waals surface area contributed by atoms with E-state index in [2.05, 4.69) is 0 Å². The van der Waals surface area contributed by atoms with Crippen LogP contribution in [0.4, 0.5) is 0 Å². The Kier molecular flexibility index (Phi) is 6.66. The van der Waals surface area contributed by atoms with Gasteiger partial charge in [0.05, 0.1) is 21.3 Å². The predicted molar refractivity (Wildman–Crippen MR) is 149 cm³/mol. The minimum atomic E-state index is -0.915. The van der Waals surface area contributed by atoms with Crippen molar-refractivity contribution in [2.75, 3.05) is 0 Å². The fraction of sp³-hybridized carbons (Fsp3) is 0.241. The fourth-order valence-electron chi connectivity index (χ4n) is 4.88. The number of halogens is 3. The van der Waals surface area contributed by atoms with Crippen LogP contribution in [0.1, 0.15) is 68.9 Å². The van der Waals surface area contributed by atoms with Crippen LogP contribution in [0, 0.1) is 0 Å². The summed E-state index contributed by atoms with van der Waals surface area (Å²) in [6.45, 7) is 0.358. The summed E-state index contributed by atoms with van der Waals surface area (Å²) < 4.78 is 11.0. The molecule has 2 fully saturated rings. The van der Waals surface area contributed by atoms with Crippen molar-refractivity contribution in [1.82, 2.24) is 4.37 Å². The van der Waals surface area contributed by atoms with Gasteiger partial charge in [-0.1, -0.05) is 59.1 Å². The molecule has 2 unspecified atom stereocenters. The molecule has 0 radical (unpaired) electrons. The number of aromatic nitrogens is 1. The Labute approximate surface area is 233 Å². The summed E-state index contributed by atoms with van der Waals surface area (Å²) in [5.41, 5.74) is 5.09. The van der Waals surface area contributed by atoms with Crippen molar-refractivity contribution in [2.24, 2.45) is 0 Å². The molecule has 2 aliphatic carbocycles. The second-order valence-corrected chi connectivity index (χ2v) is 11.6. The van der Waals surface area contributed by atoms with Crippen LogP contribution < -0.4 is 4.74 Å². The summed E-state index contributed by atoms with van der Waals surface area (Å²) in [4.78, 5) is 12.4. The zero-order chi connectivity index (χ0) is 25.7. The molecule has 2 aliphatic rings. The third-order valence-electron chi connectivity index (χ3n) is 7.10. The highest BCUT2D eigenvalue weighted by atomic mass is 35.5. The molecule has 3 aromatic carbocycles. The fourth-order valence-corrected chi connectivity index (χ4v) is 6.81. The third-order valence-corrected chi connectivity index (χ3v) is 9.10. The van der Waals surface area contributed by atoms with Crippen LogP contribution in [-0.2, 0) is 6.61 Å². The molecule has 0 amide bonds. The maximum Gasteiger partial charge on any atom is 0.335 e. The lowest BCUT2D eigenvalue weighted by atomic mass is 10.0. The Morgan fingerprint density at radius 1 is 0.973 bits per heavy atom. The first-order chi connectivity index (χ1) is 17.9. The largest absolute Gasteiger partial charge is 0.489 e. The highest BCUT2D eigenvalue weighted by Crippen LogP contribution is 2.56. The van der Waals surface area contributed by atoms with Crippen LogP contribution in [0.25, 0.3) is 11.3 Å². The van der Waals surface area contributed by atoms with E-state index in [1.54, 1.807) is 12.1 Å². The number of benzene rings is 3. The van der Waals surface area contributed by atoms with Crippen molar-refractivity contribution in [3.8, 4) is 17.0 Å². The molecule has 4 nitrogen and oxygen atoms in total. The van der Waals surface area contributed by atoms with E-state index in [-0.39, 0.29) is 0 Å². The van der Waals surface area contributed by atoms with E-state index in [0.717, 1.165) is 47.2 Å². The van der Waals surface area contributed by atoms with Gasteiger partial charge in [0, 0.05) is 21.0 Å². The van der Waals surface area contributed by atoms with Crippen molar-refractivity contribution < 1.29 is 14.6 Å². The van der Waals surface area contributed by atoms with Gasteiger partial charge in [0.25, 0.3) is 0 Å². The van der Waals surface area contributed by atoms with E-state index in [1.807, 2.05) is 48.5 Å². The number of hydrogen-bond donors (Lipinski definition) is 1. The average Bonchev–Trinajstić information content (AvgIpc) is 3.81. The highest BCUT2D eigenvalue weighted by molar-refractivity contribution is 7.06. The van der Waals surface area contributed by atoms with Crippen LogP contribution in [0.3, 0.4) is 0 Å². The third kappa shape index (κ3) is 4.98. The second kappa shape index (κ2) is 9.95. The highest BCUT2D eigenvalue weighted by Gasteiger charge is 2.40. The molecule has 0 saturated heterocycles. The van der Waals surface area contributed by atoms with Crippen LogP contribution in [0.15, 0.2) is 60.7 Å². The van der Waals surface area contributed by atoms with E-state index in [4.69, 9.17) is 49.0 Å². The van der Waals surface area contributed by atoms with E-state index >= 15 is 0 Å². The Hall–Kier alpha value is -2.57.